The zero-order chi connectivity index (χ0) is 18.1. The predicted octanol–water partition coefficient (Wildman–Crippen LogP) is 3.49. The molecule has 7 heteroatoms. The van der Waals surface area contributed by atoms with Gasteiger partial charge in [-0.25, -0.2) is 14.1 Å². The monoisotopic (exact) mass is 366 g/mol. The normalized spacial score (nSPS) is 11.2. The molecule has 0 saturated heterocycles. The van der Waals surface area contributed by atoms with Crippen LogP contribution in [0.15, 0.2) is 70.7 Å². The topological polar surface area (TPSA) is 52.7 Å². The highest BCUT2D eigenvalue weighted by atomic mass is 32.2. The van der Waals surface area contributed by atoms with Crippen LogP contribution in [0.4, 0.5) is 4.39 Å². The van der Waals surface area contributed by atoms with Gasteiger partial charge in [0.25, 0.3) is 5.56 Å². The molecule has 2 heterocycles. The lowest BCUT2D eigenvalue weighted by Gasteiger charge is -2.07. The maximum absolute atomic E-state index is 14.0. The van der Waals surface area contributed by atoms with Gasteiger partial charge in [0.15, 0.2) is 5.65 Å². The van der Waals surface area contributed by atoms with Crippen molar-refractivity contribution in [3.63, 3.8) is 0 Å². The molecule has 0 N–H and O–H groups in total. The average molecular weight is 366 g/mol. The molecule has 2 aromatic heterocycles. The van der Waals surface area contributed by atoms with Gasteiger partial charge in [0.1, 0.15) is 23.2 Å². The molecule has 0 spiro atoms. The van der Waals surface area contributed by atoms with Crippen LogP contribution in [0.1, 0.15) is 5.56 Å². The highest BCUT2D eigenvalue weighted by Gasteiger charge is 2.13. The van der Waals surface area contributed by atoms with Crippen LogP contribution in [0.2, 0.25) is 0 Å². The second kappa shape index (κ2) is 6.76. The third kappa shape index (κ3) is 2.90. The van der Waals surface area contributed by atoms with E-state index in [1.807, 2.05) is 30.5 Å². The standard InChI is InChI=1S/C19H15FN4OS/c1-26-14-8-6-13(7-9-14)11-23-12-21-18-15(19(23)25)10-22-24(18)17-5-3-2-4-16(17)20/h2-10,12H,11H2,1H3. The molecule has 4 rings (SSSR count). The molecular weight excluding hydrogens is 351 g/mol. The van der Waals surface area contributed by atoms with Crippen LogP contribution < -0.4 is 5.56 Å². The second-order valence-corrected chi connectivity index (χ2v) is 6.65. The third-order valence-corrected chi connectivity index (χ3v) is 4.89. The smallest absolute Gasteiger partial charge is 0.264 e. The molecule has 0 aliphatic rings. The molecule has 130 valence electrons. The highest BCUT2D eigenvalue weighted by Crippen LogP contribution is 2.17. The van der Waals surface area contributed by atoms with E-state index < -0.39 is 5.82 Å². The van der Waals surface area contributed by atoms with E-state index in [0.29, 0.717) is 17.6 Å². The van der Waals surface area contributed by atoms with Crippen LogP contribution in [0.5, 0.6) is 0 Å². The van der Waals surface area contributed by atoms with Gasteiger partial charge in [-0.05, 0) is 36.1 Å². The Balaban J connectivity index is 1.74. The summed E-state index contributed by atoms with van der Waals surface area (Å²) in [5.41, 5.74) is 1.41. The van der Waals surface area contributed by atoms with Gasteiger partial charge in [0.05, 0.1) is 12.7 Å². The Morgan fingerprint density at radius 1 is 1.12 bits per heavy atom. The molecule has 0 aliphatic carbocycles. The van der Waals surface area contributed by atoms with Crippen molar-refractivity contribution in [3.8, 4) is 5.69 Å². The molecule has 0 atom stereocenters. The summed E-state index contributed by atoms with van der Waals surface area (Å²) >= 11 is 1.67. The van der Waals surface area contributed by atoms with Gasteiger partial charge >= 0.3 is 0 Å². The summed E-state index contributed by atoms with van der Waals surface area (Å²) in [5, 5.41) is 4.51. The fourth-order valence-corrected chi connectivity index (χ4v) is 3.20. The maximum Gasteiger partial charge on any atom is 0.264 e. The van der Waals surface area contributed by atoms with Crippen molar-refractivity contribution < 1.29 is 4.39 Å². The van der Waals surface area contributed by atoms with Crippen molar-refractivity contribution in [2.24, 2.45) is 0 Å². The second-order valence-electron chi connectivity index (χ2n) is 5.77. The average Bonchev–Trinajstić information content (AvgIpc) is 3.10. The number of nitrogens with zero attached hydrogens (tertiary/aromatic N) is 4. The molecule has 0 aliphatic heterocycles. The van der Waals surface area contributed by atoms with Crippen LogP contribution in [-0.4, -0.2) is 25.6 Å². The zero-order valence-electron chi connectivity index (χ0n) is 14.0. The molecule has 4 aromatic rings. The molecule has 26 heavy (non-hydrogen) atoms. The number of rotatable bonds is 4. The number of benzene rings is 2. The minimum Gasteiger partial charge on any atom is -0.294 e. The SMILES string of the molecule is CSc1ccc(Cn2cnc3c(cnn3-c3ccccc3F)c2=O)cc1. The van der Waals surface area contributed by atoms with E-state index in [1.165, 1.54) is 32.7 Å². The number of para-hydroxylation sites is 1. The van der Waals surface area contributed by atoms with Crippen molar-refractivity contribution in [1.82, 2.24) is 19.3 Å². The lowest BCUT2D eigenvalue weighted by Crippen LogP contribution is -2.21. The number of hydrogen-bond donors (Lipinski definition) is 0. The number of aromatic nitrogens is 4. The van der Waals surface area contributed by atoms with Gasteiger partial charge < -0.3 is 0 Å². The van der Waals surface area contributed by atoms with E-state index in [0.717, 1.165) is 5.56 Å². The van der Waals surface area contributed by atoms with Gasteiger partial charge in [-0.1, -0.05) is 24.3 Å². The van der Waals surface area contributed by atoms with Gasteiger partial charge in [0.2, 0.25) is 0 Å². The maximum atomic E-state index is 14.0. The van der Waals surface area contributed by atoms with E-state index in [2.05, 4.69) is 10.1 Å². The van der Waals surface area contributed by atoms with Crippen molar-refractivity contribution in [3.05, 3.63) is 82.8 Å². The Morgan fingerprint density at radius 2 is 1.88 bits per heavy atom. The van der Waals surface area contributed by atoms with Crippen LogP contribution in [-0.2, 0) is 6.54 Å². The third-order valence-electron chi connectivity index (χ3n) is 4.15. The summed E-state index contributed by atoms with van der Waals surface area (Å²) in [7, 11) is 0. The fourth-order valence-electron chi connectivity index (χ4n) is 2.79. The summed E-state index contributed by atoms with van der Waals surface area (Å²) in [6.07, 6.45) is 4.93. The van der Waals surface area contributed by atoms with Gasteiger partial charge in [-0.3, -0.25) is 9.36 Å². The lowest BCUT2D eigenvalue weighted by molar-refractivity contribution is 0.612. The van der Waals surface area contributed by atoms with E-state index in [-0.39, 0.29) is 11.2 Å². The Kier molecular flexibility index (Phi) is 4.30. The highest BCUT2D eigenvalue weighted by molar-refractivity contribution is 7.98. The van der Waals surface area contributed by atoms with Gasteiger partial charge in [0, 0.05) is 4.90 Å². The van der Waals surface area contributed by atoms with E-state index in [4.69, 9.17) is 0 Å². The van der Waals surface area contributed by atoms with Crippen LogP contribution in [0.3, 0.4) is 0 Å². The van der Waals surface area contributed by atoms with Crippen molar-refractivity contribution in [2.45, 2.75) is 11.4 Å². The van der Waals surface area contributed by atoms with Crippen LogP contribution >= 0.6 is 11.8 Å². The van der Waals surface area contributed by atoms with Crippen molar-refractivity contribution in [1.29, 1.82) is 0 Å². The number of fused-ring (bicyclic) bond motifs is 1. The summed E-state index contributed by atoms with van der Waals surface area (Å²) in [6, 6.07) is 14.3. The Labute approximate surface area is 153 Å². The molecule has 0 amide bonds. The Morgan fingerprint density at radius 3 is 2.62 bits per heavy atom. The van der Waals surface area contributed by atoms with E-state index in [9.17, 15) is 9.18 Å². The molecule has 0 radical (unpaired) electrons. The predicted molar refractivity (Wildman–Crippen MR) is 100 cm³/mol. The molecule has 0 bridgehead atoms. The molecule has 5 nitrogen and oxygen atoms in total. The first-order valence-corrected chi connectivity index (χ1v) is 9.21. The number of hydrogen-bond acceptors (Lipinski definition) is 4. The number of halogens is 1. The quantitative estimate of drug-likeness (QED) is 0.519. The lowest BCUT2D eigenvalue weighted by atomic mass is 10.2. The summed E-state index contributed by atoms with van der Waals surface area (Å²) < 4.78 is 16.9. The first kappa shape index (κ1) is 16.5. The molecule has 0 saturated carbocycles. The van der Waals surface area contributed by atoms with E-state index in [1.54, 1.807) is 30.0 Å². The minimum absolute atomic E-state index is 0.202. The van der Waals surface area contributed by atoms with Crippen molar-refractivity contribution in [2.75, 3.05) is 6.26 Å². The Hall–Kier alpha value is -2.93. The molecular formula is C19H15FN4OS. The number of thioether (sulfide) groups is 1. The van der Waals surface area contributed by atoms with Crippen molar-refractivity contribution >= 4 is 22.8 Å². The van der Waals surface area contributed by atoms with Crippen LogP contribution in [0.25, 0.3) is 16.7 Å². The van der Waals surface area contributed by atoms with E-state index >= 15 is 0 Å². The molecule has 0 fully saturated rings. The Bertz CT molecular complexity index is 1130. The van der Waals surface area contributed by atoms with Crippen LogP contribution in [0, 0.1) is 5.82 Å². The largest absolute Gasteiger partial charge is 0.294 e. The first-order valence-electron chi connectivity index (χ1n) is 7.98. The van der Waals surface area contributed by atoms with Gasteiger partial charge in [-0.2, -0.15) is 5.10 Å². The summed E-state index contributed by atoms with van der Waals surface area (Å²) in [6.45, 7) is 0.418. The summed E-state index contributed by atoms with van der Waals surface area (Å²) in [4.78, 5) is 18.3. The first-order chi connectivity index (χ1) is 12.7. The minimum atomic E-state index is -0.419. The zero-order valence-corrected chi connectivity index (χ0v) is 14.8. The summed E-state index contributed by atoms with van der Waals surface area (Å²) in [5.74, 6) is -0.419. The molecule has 0 unspecified atom stereocenters. The molecule has 2 aromatic carbocycles. The van der Waals surface area contributed by atoms with Gasteiger partial charge in [-0.15, -0.1) is 11.8 Å². The fraction of sp³-hybridized carbons (Fsp3) is 0.105.